The van der Waals surface area contributed by atoms with Crippen LogP contribution in [0.15, 0.2) is 53.6 Å². The molecule has 0 spiro atoms. The minimum Gasteiger partial charge on any atom is -0.477 e. The average Bonchev–Trinajstić information content (AvgIpc) is 2.51. The molecule has 21 heavy (non-hydrogen) atoms. The molecule has 0 aliphatic heterocycles. The predicted octanol–water partition coefficient (Wildman–Crippen LogP) is 1.54. The predicted molar refractivity (Wildman–Crippen MR) is 76.3 cm³/mol. The van der Waals surface area contributed by atoms with Crippen LogP contribution in [-0.2, 0) is 6.54 Å². The van der Waals surface area contributed by atoms with Gasteiger partial charge in [-0.2, -0.15) is 0 Å². The molecule has 0 atom stereocenters. The molecule has 0 unspecified atom stereocenters. The third-order valence-electron chi connectivity index (χ3n) is 3.09. The van der Waals surface area contributed by atoms with Gasteiger partial charge in [-0.3, -0.25) is 9.36 Å². The van der Waals surface area contributed by atoms with E-state index in [4.69, 9.17) is 5.11 Å². The summed E-state index contributed by atoms with van der Waals surface area (Å²) in [5.74, 6) is -1.10. The maximum Gasteiger partial charge on any atom is 0.354 e. The fraction of sp³-hybridized carbons (Fsp3) is 0.0667. The van der Waals surface area contributed by atoms with Gasteiger partial charge in [-0.05, 0) is 24.3 Å². The molecule has 0 fully saturated rings. The molecule has 0 aliphatic rings. The summed E-state index contributed by atoms with van der Waals surface area (Å²) in [5.41, 5.74) is 0.900. The number of benzene rings is 1. The summed E-state index contributed by atoms with van der Waals surface area (Å²) in [6.45, 7) is 0.178. The molecule has 2 aromatic heterocycles. The first kappa shape index (κ1) is 13.0. The molecule has 1 aromatic carbocycles. The van der Waals surface area contributed by atoms with E-state index < -0.39 is 5.97 Å². The molecule has 0 saturated heterocycles. The van der Waals surface area contributed by atoms with Crippen molar-refractivity contribution in [1.29, 1.82) is 0 Å². The topological polar surface area (TPSA) is 85.1 Å². The summed E-state index contributed by atoms with van der Waals surface area (Å²) in [5, 5.41) is 9.45. The van der Waals surface area contributed by atoms with Crippen LogP contribution in [0.3, 0.4) is 0 Å². The van der Waals surface area contributed by atoms with Crippen LogP contribution in [0.25, 0.3) is 10.9 Å². The monoisotopic (exact) mass is 281 g/mol. The lowest BCUT2D eigenvalue weighted by atomic mass is 10.2. The van der Waals surface area contributed by atoms with Crippen molar-refractivity contribution in [2.45, 2.75) is 6.54 Å². The van der Waals surface area contributed by atoms with Crippen molar-refractivity contribution in [1.82, 2.24) is 14.5 Å². The first-order valence-electron chi connectivity index (χ1n) is 6.28. The van der Waals surface area contributed by atoms with Gasteiger partial charge in [-0.25, -0.2) is 14.8 Å². The number of carboxylic acids is 1. The highest BCUT2D eigenvalue weighted by Gasteiger charge is 2.08. The molecule has 6 heteroatoms. The summed E-state index contributed by atoms with van der Waals surface area (Å²) >= 11 is 0. The molecule has 0 saturated carbocycles. The zero-order chi connectivity index (χ0) is 14.8. The molecular weight excluding hydrogens is 270 g/mol. The Labute approximate surface area is 119 Å². The van der Waals surface area contributed by atoms with Gasteiger partial charge in [0.2, 0.25) is 0 Å². The number of nitrogens with zero attached hydrogens (tertiary/aromatic N) is 3. The molecule has 3 aromatic rings. The van der Waals surface area contributed by atoms with E-state index >= 15 is 0 Å². The van der Waals surface area contributed by atoms with Gasteiger partial charge in [0.05, 0.1) is 29.5 Å². The van der Waals surface area contributed by atoms with Crippen molar-refractivity contribution < 1.29 is 9.90 Å². The Morgan fingerprint density at radius 2 is 1.95 bits per heavy atom. The Hall–Kier alpha value is -3.02. The van der Waals surface area contributed by atoms with Crippen LogP contribution >= 0.6 is 0 Å². The fourth-order valence-corrected chi connectivity index (χ4v) is 2.08. The smallest absolute Gasteiger partial charge is 0.354 e. The van der Waals surface area contributed by atoms with E-state index in [0.717, 1.165) is 0 Å². The Morgan fingerprint density at radius 3 is 2.76 bits per heavy atom. The standard InChI is InChI=1S/C15H11N3O3/c19-14-11-5-1-2-6-12(11)16-9-18(14)8-10-4-3-7-13(17-10)15(20)21/h1-7,9H,8H2,(H,20,21). The van der Waals surface area contributed by atoms with Crippen LogP contribution in [0.2, 0.25) is 0 Å². The van der Waals surface area contributed by atoms with E-state index in [1.807, 2.05) is 6.07 Å². The molecule has 3 rings (SSSR count). The van der Waals surface area contributed by atoms with Crippen LogP contribution in [0.1, 0.15) is 16.2 Å². The second-order valence-corrected chi connectivity index (χ2v) is 4.51. The minimum atomic E-state index is -1.10. The number of para-hydroxylation sites is 1. The number of aromatic nitrogens is 3. The normalized spacial score (nSPS) is 10.7. The van der Waals surface area contributed by atoms with Crippen molar-refractivity contribution in [2.24, 2.45) is 0 Å². The summed E-state index contributed by atoms with van der Waals surface area (Å²) in [6.07, 6.45) is 1.44. The zero-order valence-electron chi connectivity index (χ0n) is 10.9. The van der Waals surface area contributed by atoms with Crippen molar-refractivity contribution in [3.63, 3.8) is 0 Å². The number of rotatable bonds is 3. The van der Waals surface area contributed by atoms with Crippen molar-refractivity contribution in [3.8, 4) is 0 Å². The summed E-state index contributed by atoms with van der Waals surface area (Å²) in [7, 11) is 0. The number of pyridine rings is 1. The number of hydrogen-bond acceptors (Lipinski definition) is 4. The summed E-state index contributed by atoms with van der Waals surface area (Å²) < 4.78 is 1.41. The van der Waals surface area contributed by atoms with E-state index in [1.165, 1.54) is 17.0 Å². The molecule has 0 amide bonds. The average molecular weight is 281 g/mol. The third-order valence-corrected chi connectivity index (χ3v) is 3.09. The summed E-state index contributed by atoms with van der Waals surface area (Å²) in [6, 6.07) is 11.8. The van der Waals surface area contributed by atoms with Crippen LogP contribution in [0.5, 0.6) is 0 Å². The zero-order valence-corrected chi connectivity index (χ0v) is 10.9. The van der Waals surface area contributed by atoms with E-state index in [-0.39, 0.29) is 17.8 Å². The lowest BCUT2D eigenvalue weighted by Crippen LogP contribution is -2.21. The Morgan fingerprint density at radius 1 is 1.14 bits per heavy atom. The SMILES string of the molecule is O=C(O)c1cccc(Cn2cnc3ccccc3c2=O)n1. The highest BCUT2D eigenvalue weighted by atomic mass is 16.4. The number of fused-ring (bicyclic) bond motifs is 1. The Kier molecular flexibility index (Phi) is 3.19. The molecule has 0 bridgehead atoms. The quantitative estimate of drug-likeness (QED) is 0.787. The van der Waals surface area contributed by atoms with Gasteiger partial charge < -0.3 is 5.11 Å². The Balaban J connectivity index is 2.02. The van der Waals surface area contributed by atoms with Crippen LogP contribution in [0, 0.1) is 0 Å². The fourth-order valence-electron chi connectivity index (χ4n) is 2.08. The van der Waals surface area contributed by atoms with Crippen molar-refractivity contribution in [3.05, 3.63) is 70.5 Å². The molecule has 0 aliphatic carbocycles. The maximum absolute atomic E-state index is 12.3. The second-order valence-electron chi connectivity index (χ2n) is 4.51. The number of hydrogen-bond donors (Lipinski definition) is 1. The molecule has 0 radical (unpaired) electrons. The van der Waals surface area contributed by atoms with Crippen molar-refractivity contribution >= 4 is 16.9 Å². The van der Waals surface area contributed by atoms with Crippen LogP contribution in [0.4, 0.5) is 0 Å². The Bertz CT molecular complexity index is 886. The largest absolute Gasteiger partial charge is 0.477 e. The molecule has 104 valence electrons. The number of aromatic carboxylic acids is 1. The molecular formula is C15H11N3O3. The lowest BCUT2D eigenvalue weighted by molar-refractivity contribution is 0.0690. The number of carbonyl (C=O) groups is 1. The van der Waals surface area contributed by atoms with E-state index in [0.29, 0.717) is 16.6 Å². The first-order valence-corrected chi connectivity index (χ1v) is 6.28. The van der Waals surface area contributed by atoms with E-state index in [9.17, 15) is 9.59 Å². The maximum atomic E-state index is 12.3. The van der Waals surface area contributed by atoms with Crippen LogP contribution < -0.4 is 5.56 Å². The first-order chi connectivity index (χ1) is 10.1. The third kappa shape index (κ3) is 2.51. The second kappa shape index (κ2) is 5.16. The molecule has 2 heterocycles. The van der Waals surface area contributed by atoms with Gasteiger partial charge in [0.1, 0.15) is 5.69 Å². The van der Waals surface area contributed by atoms with Gasteiger partial charge in [-0.1, -0.05) is 18.2 Å². The number of carboxylic acid groups (broad SMARTS) is 1. The van der Waals surface area contributed by atoms with Gasteiger partial charge in [0.15, 0.2) is 0 Å². The molecule has 1 N–H and O–H groups in total. The minimum absolute atomic E-state index is 0.0469. The summed E-state index contributed by atoms with van der Waals surface area (Å²) in [4.78, 5) is 31.5. The van der Waals surface area contributed by atoms with Crippen LogP contribution in [-0.4, -0.2) is 25.6 Å². The van der Waals surface area contributed by atoms with E-state index in [2.05, 4.69) is 9.97 Å². The highest BCUT2D eigenvalue weighted by Crippen LogP contribution is 2.06. The van der Waals surface area contributed by atoms with Gasteiger partial charge in [-0.15, -0.1) is 0 Å². The van der Waals surface area contributed by atoms with Gasteiger partial charge in [0, 0.05) is 0 Å². The lowest BCUT2D eigenvalue weighted by Gasteiger charge is -2.06. The van der Waals surface area contributed by atoms with Gasteiger partial charge in [0.25, 0.3) is 5.56 Å². The highest BCUT2D eigenvalue weighted by molar-refractivity contribution is 5.85. The molecule has 6 nitrogen and oxygen atoms in total. The van der Waals surface area contributed by atoms with Gasteiger partial charge >= 0.3 is 5.97 Å². The van der Waals surface area contributed by atoms with E-state index in [1.54, 1.807) is 30.3 Å². The van der Waals surface area contributed by atoms with Crippen molar-refractivity contribution in [2.75, 3.05) is 0 Å².